The van der Waals surface area contributed by atoms with Crippen molar-refractivity contribution in [3.8, 4) is 0 Å². The predicted molar refractivity (Wildman–Crippen MR) is 76.3 cm³/mol. The lowest BCUT2D eigenvalue weighted by Gasteiger charge is -2.32. The molecule has 108 valence electrons. The minimum absolute atomic E-state index is 0.0298. The molecule has 0 aromatic heterocycles. The second-order valence-electron chi connectivity index (χ2n) is 4.81. The summed E-state index contributed by atoms with van der Waals surface area (Å²) in [5, 5.41) is 9.80. The van der Waals surface area contributed by atoms with Gasteiger partial charge in [-0.1, -0.05) is 24.3 Å². The quantitative estimate of drug-likeness (QED) is 0.661. The zero-order chi connectivity index (χ0) is 14.1. The lowest BCUT2D eigenvalue weighted by molar-refractivity contribution is 0.0537. The Bertz CT molecular complexity index is 364. The average molecular weight is 267 g/mol. The van der Waals surface area contributed by atoms with E-state index in [2.05, 4.69) is 0 Å². The van der Waals surface area contributed by atoms with Crippen LogP contribution >= 0.6 is 0 Å². The van der Waals surface area contributed by atoms with Gasteiger partial charge in [-0.2, -0.15) is 0 Å². The van der Waals surface area contributed by atoms with Crippen molar-refractivity contribution in [3.05, 3.63) is 35.4 Å². The molecule has 0 radical (unpaired) electrons. The first kappa shape index (κ1) is 16.1. The number of ether oxygens (including phenoxy) is 2. The van der Waals surface area contributed by atoms with Crippen molar-refractivity contribution >= 4 is 0 Å². The average Bonchev–Trinajstić information content (AvgIpc) is 2.44. The molecule has 0 saturated carbocycles. The fourth-order valence-electron chi connectivity index (χ4n) is 2.26. The number of benzene rings is 1. The maximum Gasteiger partial charge on any atom is 0.0700 e. The topological polar surface area (TPSA) is 64.7 Å². The van der Waals surface area contributed by atoms with Gasteiger partial charge in [0.15, 0.2) is 0 Å². The molecule has 1 atom stereocenters. The van der Waals surface area contributed by atoms with Gasteiger partial charge in [-0.25, -0.2) is 0 Å². The normalized spacial score (nSPS) is 14.3. The molecular formula is C15H25NO3. The van der Waals surface area contributed by atoms with Gasteiger partial charge in [0.1, 0.15) is 0 Å². The van der Waals surface area contributed by atoms with E-state index in [1.807, 2.05) is 31.2 Å². The molecule has 19 heavy (non-hydrogen) atoms. The van der Waals surface area contributed by atoms with Crippen LogP contribution in [0.3, 0.4) is 0 Å². The summed E-state index contributed by atoms with van der Waals surface area (Å²) in [5.74, 6) is 0. The van der Waals surface area contributed by atoms with Crippen LogP contribution in [0, 0.1) is 6.92 Å². The minimum atomic E-state index is -0.418. The van der Waals surface area contributed by atoms with Gasteiger partial charge < -0.3 is 20.3 Å². The van der Waals surface area contributed by atoms with Crippen molar-refractivity contribution < 1.29 is 14.6 Å². The van der Waals surface area contributed by atoms with Crippen LogP contribution in [-0.2, 0) is 14.9 Å². The first-order valence-corrected chi connectivity index (χ1v) is 6.64. The number of methoxy groups -OCH3 is 1. The predicted octanol–water partition coefficient (Wildman–Crippen LogP) is 1.24. The highest BCUT2D eigenvalue weighted by Crippen LogP contribution is 2.29. The Labute approximate surface area is 115 Å². The molecule has 0 fully saturated rings. The van der Waals surface area contributed by atoms with E-state index in [4.69, 9.17) is 15.2 Å². The summed E-state index contributed by atoms with van der Waals surface area (Å²) < 4.78 is 10.4. The van der Waals surface area contributed by atoms with E-state index in [0.29, 0.717) is 32.8 Å². The number of hydrogen-bond donors (Lipinski definition) is 2. The molecule has 0 heterocycles. The summed E-state index contributed by atoms with van der Waals surface area (Å²) in [6.07, 6.45) is 0.703. The van der Waals surface area contributed by atoms with E-state index in [-0.39, 0.29) is 6.61 Å². The minimum Gasteiger partial charge on any atom is -0.395 e. The zero-order valence-corrected chi connectivity index (χ0v) is 11.9. The lowest BCUT2D eigenvalue weighted by Crippen LogP contribution is -2.40. The van der Waals surface area contributed by atoms with Crippen molar-refractivity contribution in [2.75, 3.05) is 40.1 Å². The highest BCUT2D eigenvalue weighted by atomic mass is 16.5. The summed E-state index contributed by atoms with van der Waals surface area (Å²) in [7, 11) is 1.65. The third kappa shape index (κ3) is 4.28. The van der Waals surface area contributed by atoms with Crippen molar-refractivity contribution in [3.63, 3.8) is 0 Å². The standard InChI is InChI=1S/C15H25NO3/c1-13-5-3-4-6-14(13)15(11-16,12-17)7-8-19-10-9-18-2/h3-6,17H,7-12,16H2,1-2H3. The van der Waals surface area contributed by atoms with Gasteiger partial charge in [0.05, 0.1) is 19.8 Å². The van der Waals surface area contributed by atoms with E-state index in [1.165, 1.54) is 0 Å². The van der Waals surface area contributed by atoms with Crippen LogP contribution in [-0.4, -0.2) is 45.2 Å². The molecule has 1 rings (SSSR count). The molecule has 0 bridgehead atoms. The molecular weight excluding hydrogens is 242 g/mol. The van der Waals surface area contributed by atoms with Gasteiger partial charge in [-0.05, 0) is 24.5 Å². The Morgan fingerprint density at radius 2 is 1.95 bits per heavy atom. The Kier molecular flexibility index (Phi) is 7.02. The Morgan fingerprint density at radius 1 is 1.21 bits per heavy atom. The van der Waals surface area contributed by atoms with Crippen LogP contribution in [0.1, 0.15) is 17.5 Å². The number of hydrogen-bond acceptors (Lipinski definition) is 4. The molecule has 0 aliphatic rings. The second kappa shape index (κ2) is 8.27. The number of aryl methyl sites for hydroxylation is 1. The molecule has 4 heteroatoms. The molecule has 3 N–H and O–H groups in total. The van der Waals surface area contributed by atoms with Gasteiger partial charge in [-0.15, -0.1) is 0 Å². The zero-order valence-electron chi connectivity index (χ0n) is 11.9. The molecule has 1 aromatic carbocycles. The highest BCUT2D eigenvalue weighted by Gasteiger charge is 2.31. The van der Waals surface area contributed by atoms with Crippen LogP contribution in [0.4, 0.5) is 0 Å². The highest BCUT2D eigenvalue weighted by molar-refractivity contribution is 5.34. The lowest BCUT2D eigenvalue weighted by atomic mass is 9.76. The fourth-order valence-corrected chi connectivity index (χ4v) is 2.26. The Morgan fingerprint density at radius 3 is 2.53 bits per heavy atom. The number of rotatable bonds is 9. The summed E-state index contributed by atoms with van der Waals surface area (Å²) >= 11 is 0. The van der Waals surface area contributed by atoms with E-state index in [1.54, 1.807) is 7.11 Å². The van der Waals surface area contributed by atoms with Crippen LogP contribution in [0.25, 0.3) is 0 Å². The molecule has 0 saturated heterocycles. The second-order valence-corrected chi connectivity index (χ2v) is 4.81. The van der Waals surface area contributed by atoms with Crippen molar-refractivity contribution in [2.45, 2.75) is 18.8 Å². The molecule has 1 aromatic rings. The summed E-state index contributed by atoms with van der Waals surface area (Å²) in [6.45, 7) is 4.19. The summed E-state index contributed by atoms with van der Waals surface area (Å²) in [6, 6.07) is 8.05. The van der Waals surface area contributed by atoms with E-state index < -0.39 is 5.41 Å². The van der Waals surface area contributed by atoms with Crippen LogP contribution in [0.5, 0.6) is 0 Å². The first-order chi connectivity index (χ1) is 9.20. The SMILES string of the molecule is COCCOCCC(CN)(CO)c1ccccc1C. The number of aliphatic hydroxyl groups excluding tert-OH is 1. The van der Waals surface area contributed by atoms with Crippen LogP contribution in [0.2, 0.25) is 0 Å². The molecule has 1 unspecified atom stereocenters. The molecule has 4 nitrogen and oxygen atoms in total. The van der Waals surface area contributed by atoms with Gasteiger partial charge in [0.25, 0.3) is 0 Å². The van der Waals surface area contributed by atoms with E-state index in [0.717, 1.165) is 11.1 Å². The maximum absolute atomic E-state index is 9.80. The third-order valence-electron chi connectivity index (χ3n) is 3.57. The van der Waals surface area contributed by atoms with Crippen LogP contribution < -0.4 is 5.73 Å². The molecule has 0 aliphatic carbocycles. The first-order valence-electron chi connectivity index (χ1n) is 6.64. The van der Waals surface area contributed by atoms with Gasteiger partial charge >= 0.3 is 0 Å². The molecule has 0 aliphatic heterocycles. The Hall–Kier alpha value is -0.940. The molecule has 0 spiro atoms. The summed E-state index contributed by atoms with van der Waals surface area (Å²) in [5.41, 5.74) is 7.76. The fraction of sp³-hybridized carbons (Fsp3) is 0.600. The van der Waals surface area contributed by atoms with E-state index in [9.17, 15) is 5.11 Å². The monoisotopic (exact) mass is 267 g/mol. The Balaban J connectivity index is 2.71. The van der Waals surface area contributed by atoms with Crippen LogP contribution in [0.15, 0.2) is 24.3 Å². The van der Waals surface area contributed by atoms with E-state index >= 15 is 0 Å². The van der Waals surface area contributed by atoms with Crippen molar-refractivity contribution in [1.82, 2.24) is 0 Å². The van der Waals surface area contributed by atoms with Gasteiger partial charge in [0, 0.05) is 25.7 Å². The molecule has 0 amide bonds. The largest absolute Gasteiger partial charge is 0.395 e. The third-order valence-corrected chi connectivity index (χ3v) is 3.57. The summed E-state index contributed by atoms with van der Waals surface area (Å²) in [4.78, 5) is 0. The number of aliphatic hydroxyl groups is 1. The van der Waals surface area contributed by atoms with Crippen molar-refractivity contribution in [1.29, 1.82) is 0 Å². The van der Waals surface area contributed by atoms with Crippen molar-refractivity contribution in [2.24, 2.45) is 5.73 Å². The smallest absolute Gasteiger partial charge is 0.0700 e. The van der Waals surface area contributed by atoms with Gasteiger partial charge in [0.2, 0.25) is 0 Å². The number of nitrogens with two attached hydrogens (primary N) is 1. The van der Waals surface area contributed by atoms with Gasteiger partial charge in [-0.3, -0.25) is 0 Å². The maximum atomic E-state index is 9.80.